The monoisotopic (exact) mass is 379 g/mol. The lowest BCUT2D eigenvalue weighted by molar-refractivity contribution is 0.297. The van der Waals surface area contributed by atoms with Gasteiger partial charge < -0.3 is 20.5 Å². The van der Waals surface area contributed by atoms with E-state index in [1.54, 1.807) is 0 Å². The maximum absolute atomic E-state index is 6.15. The van der Waals surface area contributed by atoms with Crippen molar-refractivity contribution in [3.63, 3.8) is 0 Å². The molecule has 2 aromatic rings. The molecule has 0 bridgehead atoms. The number of aliphatic imine (C=N–C) groups is 1. The number of hydrogen-bond acceptors (Lipinski definition) is 3. The van der Waals surface area contributed by atoms with E-state index in [2.05, 4.69) is 10.3 Å². The van der Waals surface area contributed by atoms with Gasteiger partial charge in [0.15, 0.2) is 17.5 Å². The molecule has 1 aliphatic heterocycles. The van der Waals surface area contributed by atoms with Gasteiger partial charge >= 0.3 is 0 Å². The minimum absolute atomic E-state index is 0.317. The second kappa shape index (κ2) is 8.32. The molecular weight excluding hydrogens is 361 g/mol. The molecule has 1 heterocycles. The Labute approximate surface area is 156 Å². The van der Waals surface area contributed by atoms with Crippen molar-refractivity contribution < 1.29 is 9.47 Å². The van der Waals surface area contributed by atoms with E-state index in [4.69, 9.17) is 38.4 Å². The molecule has 3 N–H and O–H groups in total. The van der Waals surface area contributed by atoms with Crippen molar-refractivity contribution in [2.24, 2.45) is 10.7 Å². The average Bonchev–Trinajstić information content (AvgIpc) is 2.82. The molecule has 0 radical (unpaired) electrons. The maximum Gasteiger partial charge on any atom is 0.193 e. The molecule has 0 fully saturated rings. The van der Waals surface area contributed by atoms with Gasteiger partial charge in [0.25, 0.3) is 0 Å². The normalized spacial score (nSPS) is 14.1. The molecule has 0 saturated heterocycles. The lowest BCUT2D eigenvalue weighted by atomic mass is 10.1. The van der Waals surface area contributed by atoms with Gasteiger partial charge in [-0.25, -0.2) is 0 Å². The molecule has 3 rings (SSSR count). The maximum atomic E-state index is 6.15. The highest BCUT2D eigenvalue weighted by molar-refractivity contribution is 6.36. The molecule has 0 aromatic heterocycles. The average molecular weight is 380 g/mol. The van der Waals surface area contributed by atoms with Crippen LogP contribution in [0.2, 0.25) is 10.0 Å². The van der Waals surface area contributed by atoms with Crippen molar-refractivity contribution in [2.75, 3.05) is 25.1 Å². The fourth-order valence-corrected chi connectivity index (χ4v) is 3.07. The molecule has 132 valence electrons. The predicted molar refractivity (Wildman–Crippen MR) is 102 cm³/mol. The molecule has 0 aliphatic carbocycles. The number of anilines is 1. The smallest absolute Gasteiger partial charge is 0.193 e. The highest BCUT2D eigenvalue weighted by Crippen LogP contribution is 2.32. The van der Waals surface area contributed by atoms with E-state index in [0.717, 1.165) is 23.4 Å². The van der Waals surface area contributed by atoms with E-state index in [1.165, 1.54) is 0 Å². The van der Waals surface area contributed by atoms with Crippen LogP contribution in [0.1, 0.15) is 12.0 Å². The highest BCUT2D eigenvalue weighted by atomic mass is 35.5. The Kier molecular flexibility index (Phi) is 5.89. The number of nitrogens with one attached hydrogen (secondary N) is 1. The summed E-state index contributed by atoms with van der Waals surface area (Å²) in [5.74, 6) is 1.77. The van der Waals surface area contributed by atoms with Gasteiger partial charge in [-0.3, -0.25) is 4.99 Å². The summed E-state index contributed by atoms with van der Waals surface area (Å²) in [6, 6.07) is 11.0. The summed E-state index contributed by atoms with van der Waals surface area (Å²) in [5, 5.41) is 4.33. The Bertz CT molecular complexity index is 761. The summed E-state index contributed by atoms with van der Waals surface area (Å²) in [7, 11) is 0. The van der Waals surface area contributed by atoms with Crippen LogP contribution in [0.15, 0.2) is 41.4 Å². The van der Waals surface area contributed by atoms with E-state index < -0.39 is 0 Å². The van der Waals surface area contributed by atoms with Gasteiger partial charge in [-0.15, -0.1) is 0 Å². The first-order valence-corrected chi connectivity index (χ1v) is 8.78. The summed E-state index contributed by atoms with van der Waals surface area (Å²) < 4.78 is 11.3. The number of nitrogens with two attached hydrogens (primary N) is 1. The third kappa shape index (κ3) is 4.71. The van der Waals surface area contributed by atoms with Gasteiger partial charge in [0.2, 0.25) is 0 Å². The van der Waals surface area contributed by atoms with E-state index in [-0.39, 0.29) is 0 Å². The molecule has 0 saturated carbocycles. The molecule has 0 amide bonds. The van der Waals surface area contributed by atoms with Gasteiger partial charge in [0.05, 0.1) is 13.2 Å². The van der Waals surface area contributed by atoms with Gasteiger partial charge in [0.1, 0.15) is 0 Å². The van der Waals surface area contributed by atoms with Crippen LogP contribution >= 0.6 is 23.2 Å². The molecule has 1 aliphatic rings. The number of ether oxygens (including phenoxy) is 2. The van der Waals surface area contributed by atoms with Crippen molar-refractivity contribution in [3.8, 4) is 11.5 Å². The molecule has 7 heteroatoms. The molecule has 0 unspecified atom stereocenters. The fourth-order valence-electron chi connectivity index (χ4n) is 2.49. The molecular formula is C18H19Cl2N3O2. The quantitative estimate of drug-likeness (QED) is 0.618. The Morgan fingerprint density at radius 1 is 1.08 bits per heavy atom. The number of fused-ring (bicyclic) bond motifs is 1. The van der Waals surface area contributed by atoms with Crippen LogP contribution < -0.4 is 20.5 Å². The Balaban J connectivity index is 1.61. The lowest BCUT2D eigenvalue weighted by Gasteiger charge is -2.11. The number of nitrogens with zero attached hydrogens (tertiary/aromatic N) is 1. The van der Waals surface area contributed by atoms with Crippen molar-refractivity contribution in [3.05, 3.63) is 52.0 Å². The zero-order valence-electron chi connectivity index (χ0n) is 13.6. The molecule has 2 aromatic carbocycles. The van der Waals surface area contributed by atoms with Crippen molar-refractivity contribution in [1.82, 2.24) is 0 Å². The number of rotatable bonds is 4. The summed E-state index contributed by atoms with van der Waals surface area (Å²) in [4.78, 5) is 4.32. The summed E-state index contributed by atoms with van der Waals surface area (Å²) >= 11 is 12.3. The predicted octanol–water partition coefficient (Wildman–Crippen LogP) is 4.12. The highest BCUT2D eigenvalue weighted by Gasteiger charge is 2.11. The zero-order chi connectivity index (χ0) is 17.6. The Morgan fingerprint density at radius 2 is 1.80 bits per heavy atom. The zero-order valence-corrected chi connectivity index (χ0v) is 15.1. The molecule has 0 spiro atoms. The minimum atomic E-state index is 0.317. The van der Waals surface area contributed by atoms with E-state index in [1.807, 2.05) is 36.4 Å². The van der Waals surface area contributed by atoms with Crippen LogP contribution in [-0.2, 0) is 6.42 Å². The lowest BCUT2D eigenvalue weighted by Crippen LogP contribution is -2.23. The van der Waals surface area contributed by atoms with Gasteiger partial charge in [0, 0.05) is 34.8 Å². The Morgan fingerprint density at radius 3 is 2.56 bits per heavy atom. The summed E-state index contributed by atoms with van der Waals surface area (Å²) in [6.45, 7) is 1.78. The van der Waals surface area contributed by atoms with Crippen molar-refractivity contribution in [2.45, 2.75) is 12.8 Å². The number of benzene rings is 2. The van der Waals surface area contributed by atoms with Crippen LogP contribution in [0.3, 0.4) is 0 Å². The van der Waals surface area contributed by atoms with Crippen LogP contribution in [0, 0.1) is 0 Å². The first-order valence-electron chi connectivity index (χ1n) is 8.03. The first-order chi connectivity index (χ1) is 12.1. The first kappa shape index (κ1) is 17.7. The van der Waals surface area contributed by atoms with E-state index in [9.17, 15) is 0 Å². The number of guanidine groups is 1. The second-order valence-electron chi connectivity index (χ2n) is 5.55. The van der Waals surface area contributed by atoms with Crippen molar-refractivity contribution >= 4 is 34.8 Å². The third-order valence-electron chi connectivity index (χ3n) is 3.73. The third-order valence-corrected chi connectivity index (χ3v) is 4.43. The standard InChI is InChI=1S/C18H19Cl2N3O2/c19-14-3-1-4-15(20)13(14)7-8-22-18(21)23-12-5-6-16-17(11-12)25-10-2-9-24-16/h1,3-6,11H,2,7-10H2,(H3,21,22,23). The van der Waals surface area contributed by atoms with Crippen LogP contribution in [0.4, 0.5) is 5.69 Å². The number of hydrogen-bond donors (Lipinski definition) is 2. The van der Waals surface area contributed by atoms with Gasteiger partial charge in [-0.2, -0.15) is 0 Å². The second-order valence-corrected chi connectivity index (χ2v) is 6.37. The number of halogens is 2. The van der Waals surface area contributed by atoms with Crippen LogP contribution in [0.5, 0.6) is 11.5 Å². The summed E-state index contributed by atoms with van der Waals surface area (Å²) in [5.41, 5.74) is 7.62. The van der Waals surface area contributed by atoms with Crippen molar-refractivity contribution in [1.29, 1.82) is 0 Å². The molecule has 5 nitrogen and oxygen atoms in total. The molecule has 25 heavy (non-hydrogen) atoms. The fraction of sp³-hybridized carbons (Fsp3) is 0.278. The molecule has 0 atom stereocenters. The Hall–Kier alpha value is -2.11. The SMILES string of the molecule is NC(=NCCc1c(Cl)cccc1Cl)Nc1ccc2c(c1)OCCCO2. The van der Waals surface area contributed by atoms with E-state index >= 15 is 0 Å². The van der Waals surface area contributed by atoms with Crippen LogP contribution in [0.25, 0.3) is 0 Å². The summed E-state index contributed by atoms with van der Waals surface area (Å²) in [6.07, 6.45) is 1.48. The van der Waals surface area contributed by atoms with Gasteiger partial charge in [-0.05, 0) is 36.2 Å². The minimum Gasteiger partial charge on any atom is -0.490 e. The topological polar surface area (TPSA) is 68.9 Å². The van der Waals surface area contributed by atoms with E-state index in [0.29, 0.717) is 47.9 Å². The van der Waals surface area contributed by atoms with Gasteiger partial charge in [-0.1, -0.05) is 29.3 Å². The van der Waals surface area contributed by atoms with Crippen LogP contribution in [-0.4, -0.2) is 25.7 Å². The largest absolute Gasteiger partial charge is 0.490 e.